The minimum Gasteiger partial charge on any atom is -0.338 e. The van der Waals surface area contributed by atoms with Crippen molar-refractivity contribution in [1.29, 1.82) is 0 Å². The zero-order valence-corrected chi connectivity index (χ0v) is 13.8. The van der Waals surface area contributed by atoms with Crippen LogP contribution in [0.25, 0.3) is 0 Å². The summed E-state index contributed by atoms with van der Waals surface area (Å²) in [6.07, 6.45) is 6.05. The molecule has 0 saturated heterocycles. The van der Waals surface area contributed by atoms with Gasteiger partial charge in [0.2, 0.25) is 11.1 Å². The lowest BCUT2D eigenvalue weighted by atomic mass is 10.0. The van der Waals surface area contributed by atoms with E-state index in [1.54, 1.807) is 13.8 Å². The standard InChI is InChI=1S/C14H23N5O2S/c1-3-15-13(21)17-12(20)9(2)22-14-16-11(18-19-14)8-10-6-4-5-7-10/h9-10H,3-8H2,1-2H3,(H,16,18,19)(H2,15,17,20,21). The number of nitrogens with zero attached hydrogens (tertiary/aromatic N) is 2. The first-order chi connectivity index (χ1) is 10.6. The summed E-state index contributed by atoms with van der Waals surface area (Å²) in [6, 6.07) is -0.475. The third-order valence-corrected chi connectivity index (χ3v) is 4.65. The van der Waals surface area contributed by atoms with Crippen LogP contribution in [0.3, 0.4) is 0 Å². The molecule has 1 aliphatic rings. The SMILES string of the molecule is CCNC(=O)NC(=O)C(C)Sc1n[nH]c(CC2CCCC2)n1. The number of H-pyrrole nitrogens is 1. The minimum absolute atomic E-state index is 0.349. The summed E-state index contributed by atoms with van der Waals surface area (Å²) in [5.41, 5.74) is 0. The zero-order chi connectivity index (χ0) is 15.9. The molecular formula is C14H23N5O2S. The van der Waals surface area contributed by atoms with Crippen LogP contribution in [-0.4, -0.2) is 38.9 Å². The predicted molar refractivity (Wildman–Crippen MR) is 84.6 cm³/mol. The smallest absolute Gasteiger partial charge is 0.321 e. The van der Waals surface area contributed by atoms with Gasteiger partial charge in [-0.2, -0.15) is 0 Å². The molecule has 1 unspecified atom stereocenters. The Bertz CT molecular complexity index is 513. The molecule has 1 fully saturated rings. The quantitative estimate of drug-likeness (QED) is 0.693. The largest absolute Gasteiger partial charge is 0.338 e. The molecule has 1 aromatic heterocycles. The van der Waals surface area contributed by atoms with Crippen molar-refractivity contribution < 1.29 is 9.59 Å². The number of rotatable bonds is 6. The number of hydrogen-bond acceptors (Lipinski definition) is 5. The second kappa shape index (κ2) is 8.17. The highest BCUT2D eigenvalue weighted by atomic mass is 32.2. The van der Waals surface area contributed by atoms with Crippen molar-refractivity contribution in [3.05, 3.63) is 5.82 Å². The van der Waals surface area contributed by atoms with E-state index in [2.05, 4.69) is 25.8 Å². The number of thioether (sulfide) groups is 1. The molecule has 0 spiro atoms. The molecule has 2 rings (SSSR count). The third-order valence-electron chi connectivity index (χ3n) is 3.69. The van der Waals surface area contributed by atoms with Crippen LogP contribution in [0.1, 0.15) is 45.4 Å². The number of urea groups is 1. The van der Waals surface area contributed by atoms with Crippen LogP contribution >= 0.6 is 11.8 Å². The molecule has 8 heteroatoms. The molecule has 1 heterocycles. The highest BCUT2D eigenvalue weighted by molar-refractivity contribution is 8.00. The summed E-state index contributed by atoms with van der Waals surface area (Å²) in [5.74, 6) is 1.23. The van der Waals surface area contributed by atoms with E-state index in [4.69, 9.17) is 0 Å². The van der Waals surface area contributed by atoms with E-state index in [-0.39, 0.29) is 5.91 Å². The normalized spacial score (nSPS) is 16.5. The van der Waals surface area contributed by atoms with Gasteiger partial charge >= 0.3 is 6.03 Å². The fraction of sp³-hybridized carbons (Fsp3) is 0.714. The third kappa shape index (κ3) is 5.01. The van der Waals surface area contributed by atoms with E-state index < -0.39 is 11.3 Å². The van der Waals surface area contributed by atoms with Gasteiger partial charge in [-0.3, -0.25) is 15.2 Å². The van der Waals surface area contributed by atoms with Crippen LogP contribution in [0.4, 0.5) is 4.79 Å². The Morgan fingerprint density at radius 3 is 2.82 bits per heavy atom. The zero-order valence-electron chi connectivity index (χ0n) is 13.0. The van der Waals surface area contributed by atoms with Crippen LogP contribution < -0.4 is 10.6 Å². The molecule has 1 aromatic rings. The Balaban J connectivity index is 1.80. The van der Waals surface area contributed by atoms with Crippen LogP contribution in [-0.2, 0) is 11.2 Å². The number of carbonyl (C=O) groups is 2. The fourth-order valence-corrected chi connectivity index (χ4v) is 3.28. The molecule has 0 radical (unpaired) electrons. The van der Waals surface area contributed by atoms with Crippen molar-refractivity contribution >= 4 is 23.7 Å². The molecule has 0 bridgehead atoms. The first-order valence-electron chi connectivity index (χ1n) is 7.75. The van der Waals surface area contributed by atoms with Crippen LogP contribution in [0.2, 0.25) is 0 Å². The fourth-order valence-electron chi connectivity index (χ4n) is 2.54. The monoisotopic (exact) mass is 325 g/mol. The maximum Gasteiger partial charge on any atom is 0.321 e. The van der Waals surface area contributed by atoms with Gasteiger partial charge in [0.15, 0.2) is 0 Å². The molecule has 1 aliphatic carbocycles. The van der Waals surface area contributed by atoms with Gasteiger partial charge in [0.05, 0.1) is 5.25 Å². The van der Waals surface area contributed by atoms with E-state index in [1.165, 1.54) is 37.4 Å². The lowest BCUT2D eigenvalue weighted by molar-refractivity contribution is -0.119. The van der Waals surface area contributed by atoms with E-state index in [0.717, 1.165) is 12.2 Å². The topological polar surface area (TPSA) is 99.8 Å². The second-order valence-electron chi connectivity index (χ2n) is 5.53. The molecule has 0 aliphatic heterocycles. The number of imide groups is 1. The number of aromatic amines is 1. The molecule has 7 nitrogen and oxygen atoms in total. The van der Waals surface area contributed by atoms with E-state index in [0.29, 0.717) is 17.6 Å². The Morgan fingerprint density at radius 2 is 2.14 bits per heavy atom. The van der Waals surface area contributed by atoms with Gasteiger partial charge in [0.25, 0.3) is 0 Å². The second-order valence-corrected chi connectivity index (χ2v) is 6.84. The van der Waals surface area contributed by atoms with E-state index >= 15 is 0 Å². The molecule has 0 aromatic carbocycles. The molecule has 3 amide bonds. The Hall–Kier alpha value is -1.57. The van der Waals surface area contributed by atoms with Gasteiger partial charge in [0, 0.05) is 13.0 Å². The minimum atomic E-state index is -0.475. The van der Waals surface area contributed by atoms with Gasteiger partial charge in [-0.15, -0.1) is 5.10 Å². The Kier molecular flexibility index (Phi) is 6.23. The molecule has 1 saturated carbocycles. The number of carbonyl (C=O) groups excluding carboxylic acids is 2. The van der Waals surface area contributed by atoms with E-state index in [9.17, 15) is 9.59 Å². The van der Waals surface area contributed by atoms with Crippen LogP contribution in [0, 0.1) is 5.92 Å². The average molecular weight is 325 g/mol. The van der Waals surface area contributed by atoms with Crippen molar-refractivity contribution in [3.8, 4) is 0 Å². The maximum absolute atomic E-state index is 11.9. The van der Waals surface area contributed by atoms with Gasteiger partial charge in [0.1, 0.15) is 5.82 Å². The summed E-state index contributed by atoms with van der Waals surface area (Å²) in [6.45, 7) is 4.00. The average Bonchev–Trinajstić information content (AvgIpc) is 3.11. The summed E-state index contributed by atoms with van der Waals surface area (Å²) in [5, 5.41) is 12.0. The predicted octanol–water partition coefficient (Wildman–Crippen LogP) is 1.86. The van der Waals surface area contributed by atoms with Crippen molar-refractivity contribution in [2.45, 2.75) is 56.4 Å². The summed E-state index contributed by atoms with van der Waals surface area (Å²) >= 11 is 1.24. The summed E-state index contributed by atoms with van der Waals surface area (Å²) in [7, 11) is 0. The summed E-state index contributed by atoms with van der Waals surface area (Å²) in [4.78, 5) is 27.6. The number of aromatic nitrogens is 3. The Labute approximate surface area is 134 Å². The van der Waals surface area contributed by atoms with Gasteiger partial charge in [-0.05, 0) is 19.8 Å². The van der Waals surface area contributed by atoms with Crippen molar-refractivity contribution in [3.63, 3.8) is 0 Å². The molecular weight excluding hydrogens is 302 g/mol. The molecule has 3 N–H and O–H groups in total. The highest BCUT2D eigenvalue weighted by Gasteiger charge is 2.20. The van der Waals surface area contributed by atoms with Crippen LogP contribution in [0.15, 0.2) is 5.16 Å². The van der Waals surface area contributed by atoms with Crippen molar-refractivity contribution in [1.82, 2.24) is 25.8 Å². The first-order valence-corrected chi connectivity index (χ1v) is 8.63. The van der Waals surface area contributed by atoms with Crippen LogP contribution in [0.5, 0.6) is 0 Å². The number of amides is 3. The first kappa shape index (κ1) is 16.8. The molecule has 1 atom stereocenters. The van der Waals surface area contributed by atoms with Gasteiger partial charge < -0.3 is 5.32 Å². The van der Waals surface area contributed by atoms with Crippen molar-refractivity contribution in [2.75, 3.05) is 6.54 Å². The number of nitrogens with one attached hydrogen (secondary N) is 3. The lowest BCUT2D eigenvalue weighted by Crippen LogP contribution is -2.42. The van der Waals surface area contributed by atoms with Gasteiger partial charge in [-0.25, -0.2) is 9.78 Å². The summed E-state index contributed by atoms with van der Waals surface area (Å²) < 4.78 is 0. The highest BCUT2D eigenvalue weighted by Crippen LogP contribution is 2.27. The number of hydrogen-bond donors (Lipinski definition) is 3. The maximum atomic E-state index is 11.9. The molecule has 122 valence electrons. The van der Waals surface area contributed by atoms with Gasteiger partial charge in [-0.1, -0.05) is 37.4 Å². The van der Waals surface area contributed by atoms with Crippen molar-refractivity contribution in [2.24, 2.45) is 5.92 Å². The Morgan fingerprint density at radius 1 is 1.41 bits per heavy atom. The lowest BCUT2D eigenvalue weighted by Gasteiger charge is -2.09. The molecule has 22 heavy (non-hydrogen) atoms. The van der Waals surface area contributed by atoms with E-state index in [1.807, 2.05) is 0 Å².